The van der Waals surface area contributed by atoms with E-state index in [1.807, 2.05) is 23.9 Å². The molecule has 4 heteroatoms. The molecule has 0 spiro atoms. The van der Waals surface area contributed by atoms with Gasteiger partial charge in [-0.2, -0.15) is 0 Å². The van der Waals surface area contributed by atoms with Crippen molar-refractivity contribution in [2.24, 2.45) is 10.7 Å². The van der Waals surface area contributed by atoms with E-state index in [0.717, 1.165) is 27.7 Å². The standard InChI is InChI=1S/C16H17N3S/c1-2-3-6-20-12-5-4-10-8-13-14(9-11(10)7-12)16(18)19-15(13)17/h4-5,7-9H,2-3,6H2,1H3,(H3,17,18,19). The predicted octanol–water partition coefficient (Wildman–Crippen LogP) is 3.78. The number of benzene rings is 2. The van der Waals surface area contributed by atoms with E-state index >= 15 is 0 Å². The zero-order valence-electron chi connectivity index (χ0n) is 11.4. The smallest absolute Gasteiger partial charge is 0.154 e. The summed E-state index contributed by atoms with van der Waals surface area (Å²) in [6.45, 7) is 2.21. The SMILES string of the molecule is CCCCSc1ccc2cc3c(cc2c1)C(=N)N=C3N. The topological polar surface area (TPSA) is 62.2 Å². The van der Waals surface area contributed by atoms with Gasteiger partial charge in [0.25, 0.3) is 0 Å². The molecular weight excluding hydrogens is 266 g/mol. The van der Waals surface area contributed by atoms with E-state index in [0.29, 0.717) is 5.84 Å². The molecule has 0 atom stereocenters. The summed E-state index contributed by atoms with van der Waals surface area (Å²) in [7, 11) is 0. The largest absolute Gasteiger partial charge is 0.383 e. The van der Waals surface area contributed by atoms with Crippen LogP contribution in [0.5, 0.6) is 0 Å². The molecule has 0 radical (unpaired) electrons. The highest BCUT2D eigenvalue weighted by atomic mass is 32.2. The molecule has 2 aromatic rings. The second kappa shape index (κ2) is 5.29. The Bertz CT molecular complexity index is 719. The number of nitrogens with zero attached hydrogens (tertiary/aromatic N) is 1. The molecule has 0 fully saturated rings. The van der Waals surface area contributed by atoms with Crippen LogP contribution >= 0.6 is 11.8 Å². The lowest BCUT2D eigenvalue weighted by Gasteiger charge is -2.06. The monoisotopic (exact) mass is 283 g/mol. The van der Waals surface area contributed by atoms with Crippen LogP contribution in [0.2, 0.25) is 0 Å². The maximum Gasteiger partial charge on any atom is 0.154 e. The molecule has 0 aliphatic carbocycles. The summed E-state index contributed by atoms with van der Waals surface area (Å²) in [6.07, 6.45) is 2.46. The van der Waals surface area contributed by atoms with Crippen molar-refractivity contribution in [2.75, 3.05) is 5.75 Å². The lowest BCUT2D eigenvalue weighted by atomic mass is 10.0. The molecule has 3 nitrogen and oxygen atoms in total. The number of nitrogens with one attached hydrogen (secondary N) is 1. The molecule has 3 rings (SSSR count). The Morgan fingerprint density at radius 1 is 1.15 bits per heavy atom. The van der Waals surface area contributed by atoms with Gasteiger partial charge in [0.05, 0.1) is 0 Å². The van der Waals surface area contributed by atoms with Crippen LogP contribution in [0.15, 0.2) is 40.2 Å². The highest BCUT2D eigenvalue weighted by Crippen LogP contribution is 2.28. The second-order valence-electron chi connectivity index (χ2n) is 4.95. The van der Waals surface area contributed by atoms with Gasteiger partial charge in [0, 0.05) is 16.0 Å². The van der Waals surface area contributed by atoms with Crippen LogP contribution in [0.1, 0.15) is 30.9 Å². The fourth-order valence-electron chi connectivity index (χ4n) is 2.35. The summed E-state index contributed by atoms with van der Waals surface area (Å²) >= 11 is 1.89. The maximum absolute atomic E-state index is 7.85. The Kier molecular flexibility index (Phi) is 3.49. The van der Waals surface area contributed by atoms with Crippen LogP contribution < -0.4 is 5.73 Å². The molecule has 2 aromatic carbocycles. The van der Waals surface area contributed by atoms with Gasteiger partial charge in [0.2, 0.25) is 0 Å². The summed E-state index contributed by atoms with van der Waals surface area (Å²) in [5.41, 5.74) is 7.57. The Morgan fingerprint density at radius 3 is 2.75 bits per heavy atom. The first-order valence-corrected chi connectivity index (χ1v) is 7.81. The molecule has 102 valence electrons. The molecule has 0 bridgehead atoms. The van der Waals surface area contributed by atoms with Crippen LogP contribution in [-0.2, 0) is 0 Å². The lowest BCUT2D eigenvalue weighted by molar-refractivity contribution is 0.896. The Labute approximate surface area is 122 Å². The van der Waals surface area contributed by atoms with Gasteiger partial charge in [-0.25, -0.2) is 4.99 Å². The molecule has 1 aliphatic heterocycles. The average molecular weight is 283 g/mol. The predicted molar refractivity (Wildman–Crippen MR) is 87.1 cm³/mol. The summed E-state index contributed by atoms with van der Waals surface area (Å²) < 4.78 is 0. The zero-order chi connectivity index (χ0) is 14.1. The van der Waals surface area contributed by atoms with Crippen molar-refractivity contribution in [3.8, 4) is 0 Å². The normalized spacial score (nSPS) is 13.7. The highest BCUT2D eigenvalue weighted by molar-refractivity contribution is 7.99. The third-order valence-electron chi connectivity index (χ3n) is 3.48. The molecule has 3 N–H and O–H groups in total. The number of fused-ring (bicyclic) bond motifs is 2. The Morgan fingerprint density at radius 2 is 1.95 bits per heavy atom. The third-order valence-corrected chi connectivity index (χ3v) is 4.56. The van der Waals surface area contributed by atoms with E-state index in [1.165, 1.54) is 17.7 Å². The highest BCUT2D eigenvalue weighted by Gasteiger charge is 2.18. The quantitative estimate of drug-likeness (QED) is 0.662. The van der Waals surface area contributed by atoms with Crippen LogP contribution in [0.3, 0.4) is 0 Å². The minimum absolute atomic E-state index is 0.267. The fraction of sp³-hybridized carbons (Fsp3) is 0.250. The summed E-state index contributed by atoms with van der Waals surface area (Å²) in [5.74, 6) is 1.87. The molecule has 20 heavy (non-hydrogen) atoms. The van der Waals surface area contributed by atoms with Gasteiger partial charge >= 0.3 is 0 Å². The Balaban J connectivity index is 1.98. The first kappa shape index (κ1) is 13.2. The summed E-state index contributed by atoms with van der Waals surface area (Å²) in [5, 5.41) is 10.2. The number of nitrogens with two attached hydrogens (primary N) is 1. The van der Waals surface area contributed by atoms with E-state index in [-0.39, 0.29) is 5.84 Å². The minimum Gasteiger partial charge on any atom is -0.383 e. The number of unbranched alkanes of at least 4 members (excludes halogenated alkanes) is 1. The van der Waals surface area contributed by atoms with E-state index < -0.39 is 0 Å². The van der Waals surface area contributed by atoms with Gasteiger partial charge in [-0.3, -0.25) is 5.41 Å². The first-order valence-electron chi connectivity index (χ1n) is 6.83. The Hall–Kier alpha value is -1.81. The lowest BCUT2D eigenvalue weighted by Crippen LogP contribution is -2.10. The molecule has 0 saturated carbocycles. The number of hydrogen-bond acceptors (Lipinski definition) is 3. The van der Waals surface area contributed by atoms with Crippen molar-refractivity contribution in [2.45, 2.75) is 24.7 Å². The molecule has 0 amide bonds. The number of aliphatic imine (C=N–C) groups is 1. The average Bonchev–Trinajstić information content (AvgIpc) is 2.72. The maximum atomic E-state index is 7.85. The summed E-state index contributed by atoms with van der Waals surface area (Å²) in [4.78, 5) is 5.32. The minimum atomic E-state index is 0.267. The number of hydrogen-bond donors (Lipinski definition) is 2. The van der Waals surface area contributed by atoms with Gasteiger partial charge in [-0.05, 0) is 47.2 Å². The van der Waals surface area contributed by atoms with E-state index in [1.54, 1.807) is 0 Å². The zero-order valence-corrected chi connectivity index (χ0v) is 12.3. The van der Waals surface area contributed by atoms with Gasteiger partial charge in [-0.1, -0.05) is 19.4 Å². The first-order chi connectivity index (χ1) is 9.69. The number of thioether (sulfide) groups is 1. The molecule has 0 aromatic heterocycles. The van der Waals surface area contributed by atoms with Crippen LogP contribution in [0.25, 0.3) is 10.8 Å². The molecule has 1 aliphatic rings. The van der Waals surface area contributed by atoms with Crippen molar-refractivity contribution in [1.82, 2.24) is 0 Å². The molecular formula is C16H17N3S. The number of rotatable bonds is 4. The van der Waals surface area contributed by atoms with Crippen molar-refractivity contribution >= 4 is 34.2 Å². The molecule has 0 saturated heterocycles. The van der Waals surface area contributed by atoms with E-state index in [2.05, 4.69) is 30.1 Å². The van der Waals surface area contributed by atoms with Crippen LogP contribution in [-0.4, -0.2) is 17.4 Å². The van der Waals surface area contributed by atoms with Crippen molar-refractivity contribution in [3.63, 3.8) is 0 Å². The third kappa shape index (κ3) is 2.31. The molecule has 1 heterocycles. The van der Waals surface area contributed by atoms with Gasteiger partial charge in [0.1, 0.15) is 5.84 Å². The van der Waals surface area contributed by atoms with E-state index in [4.69, 9.17) is 11.1 Å². The number of amidine groups is 2. The summed E-state index contributed by atoms with van der Waals surface area (Å²) in [6, 6.07) is 10.5. The van der Waals surface area contributed by atoms with Crippen LogP contribution in [0, 0.1) is 5.41 Å². The van der Waals surface area contributed by atoms with Crippen molar-refractivity contribution < 1.29 is 0 Å². The van der Waals surface area contributed by atoms with Gasteiger partial charge < -0.3 is 5.73 Å². The van der Waals surface area contributed by atoms with Crippen molar-refractivity contribution in [3.05, 3.63) is 41.5 Å². The fourth-order valence-corrected chi connectivity index (χ4v) is 3.39. The van der Waals surface area contributed by atoms with E-state index in [9.17, 15) is 0 Å². The van der Waals surface area contributed by atoms with Gasteiger partial charge in [-0.15, -0.1) is 11.8 Å². The second-order valence-corrected chi connectivity index (χ2v) is 6.12. The van der Waals surface area contributed by atoms with Crippen LogP contribution in [0.4, 0.5) is 0 Å². The van der Waals surface area contributed by atoms with Gasteiger partial charge in [0.15, 0.2) is 5.84 Å². The van der Waals surface area contributed by atoms with Crippen molar-refractivity contribution in [1.29, 1.82) is 5.41 Å². The molecule has 0 unspecified atom stereocenters.